The number of piperidine rings is 1. The van der Waals surface area contributed by atoms with Gasteiger partial charge in [-0.05, 0) is 31.4 Å². The molecule has 1 aromatic carbocycles. The Bertz CT molecular complexity index is 744. The molecule has 0 unspecified atom stereocenters. The molecule has 1 aromatic heterocycles. The van der Waals surface area contributed by atoms with Gasteiger partial charge in [0, 0.05) is 24.7 Å². The lowest BCUT2D eigenvalue weighted by molar-refractivity contribution is -0.136. The maximum atomic E-state index is 12.3. The van der Waals surface area contributed by atoms with Crippen molar-refractivity contribution in [1.29, 1.82) is 0 Å². The first-order valence-electron chi connectivity index (χ1n) is 8.23. The summed E-state index contributed by atoms with van der Waals surface area (Å²) in [5, 5.41) is 2.89. The normalized spacial score (nSPS) is 14.5. The summed E-state index contributed by atoms with van der Waals surface area (Å²) in [5.74, 6) is -0.121. The van der Waals surface area contributed by atoms with E-state index in [-0.39, 0.29) is 18.4 Å². The molecule has 0 atom stereocenters. The lowest BCUT2D eigenvalue weighted by atomic mass is 10.1. The number of carbonyl (C=O) groups is 2. The maximum absolute atomic E-state index is 12.3. The van der Waals surface area contributed by atoms with E-state index in [1.54, 1.807) is 11.1 Å². The molecule has 0 aliphatic carbocycles. The van der Waals surface area contributed by atoms with Gasteiger partial charge in [0.2, 0.25) is 11.8 Å². The number of benzene rings is 1. The van der Waals surface area contributed by atoms with Crippen LogP contribution in [0.1, 0.15) is 25.0 Å². The first kappa shape index (κ1) is 16.2. The van der Waals surface area contributed by atoms with Crippen LogP contribution in [-0.4, -0.2) is 34.8 Å². The summed E-state index contributed by atoms with van der Waals surface area (Å²) in [4.78, 5) is 30.1. The lowest BCUT2D eigenvalue weighted by Gasteiger charge is -2.26. The predicted molar refractivity (Wildman–Crippen MR) is 93.5 cm³/mol. The molecule has 2 amide bonds. The zero-order chi connectivity index (χ0) is 16.9. The molecule has 1 saturated heterocycles. The van der Waals surface area contributed by atoms with Gasteiger partial charge in [-0.3, -0.25) is 14.6 Å². The van der Waals surface area contributed by atoms with Crippen LogP contribution in [0, 0.1) is 6.92 Å². The molecule has 1 N–H and O–H groups in total. The van der Waals surface area contributed by atoms with Crippen LogP contribution < -0.4 is 5.32 Å². The third-order valence-corrected chi connectivity index (χ3v) is 4.22. The summed E-state index contributed by atoms with van der Waals surface area (Å²) < 4.78 is 0. The highest BCUT2D eigenvalue weighted by Crippen LogP contribution is 2.23. The Morgan fingerprint density at radius 3 is 2.75 bits per heavy atom. The second-order valence-corrected chi connectivity index (χ2v) is 6.04. The molecule has 1 fully saturated rings. The number of anilines is 1. The summed E-state index contributed by atoms with van der Waals surface area (Å²) in [6, 6.07) is 11.8. The van der Waals surface area contributed by atoms with Crippen molar-refractivity contribution in [3.63, 3.8) is 0 Å². The molecule has 1 aliphatic rings. The van der Waals surface area contributed by atoms with Crippen LogP contribution in [-0.2, 0) is 9.59 Å². The van der Waals surface area contributed by atoms with Gasteiger partial charge in [0.15, 0.2) is 0 Å². The van der Waals surface area contributed by atoms with E-state index in [4.69, 9.17) is 0 Å². The molecule has 2 heterocycles. The SMILES string of the molecule is Cc1ncc(-c2ccccc2)cc1NC(=O)CN1CCCCC1=O. The van der Waals surface area contributed by atoms with E-state index in [9.17, 15) is 9.59 Å². The Balaban J connectivity index is 1.72. The molecule has 3 rings (SSSR count). The molecule has 2 aromatic rings. The molecule has 0 saturated carbocycles. The molecule has 1 aliphatic heterocycles. The van der Waals surface area contributed by atoms with Crippen LogP contribution in [0.15, 0.2) is 42.6 Å². The Hall–Kier alpha value is -2.69. The fraction of sp³-hybridized carbons (Fsp3) is 0.316. The number of carbonyl (C=O) groups excluding carboxylic acids is 2. The molecule has 0 spiro atoms. The third-order valence-electron chi connectivity index (χ3n) is 4.22. The van der Waals surface area contributed by atoms with Crippen LogP contribution in [0.2, 0.25) is 0 Å². The number of nitrogens with zero attached hydrogens (tertiary/aromatic N) is 2. The van der Waals surface area contributed by atoms with Gasteiger partial charge in [-0.2, -0.15) is 0 Å². The van der Waals surface area contributed by atoms with Crippen LogP contribution in [0.4, 0.5) is 5.69 Å². The summed E-state index contributed by atoms with van der Waals surface area (Å²) in [5.41, 5.74) is 3.44. The highest BCUT2D eigenvalue weighted by molar-refractivity contribution is 5.95. The van der Waals surface area contributed by atoms with E-state index in [0.29, 0.717) is 18.7 Å². The fourth-order valence-electron chi connectivity index (χ4n) is 2.84. The molecule has 0 bridgehead atoms. The molecular weight excluding hydrogens is 302 g/mol. The van der Waals surface area contributed by atoms with E-state index in [2.05, 4.69) is 10.3 Å². The van der Waals surface area contributed by atoms with Crippen molar-refractivity contribution >= 4 is 17.5 Å². The predicted octanol–water partition coefficient (Wildman–Crippen LogP) is 3.01. The minimum Gasteiger partial charge on any atom is -0.333 e. The Kier molecular flexibility index (Phi) is 4.89. The zero-order valence-electron chi connectivity index (χ0n) is 13.8. The van der Waals surface area contributed by atoms with Crippen LogP contribution in [0.25, 0.3) is 11.1 Å². The first-order valence-corrected chi connectivity index (χ1v) is 8.23. The van der Waals surface area contributed by atoms with E-state index in [1.165, 1.54) is 0 Å². The van der Waals surface area contributed by atoms with Gasteiger partial charge in [0.1, 0.15) is 0 Å². The standard InChI is InChI=1S/C19H21N3O2/c1-14-17(11-16(12-20-14)15-7-3-2-4-8-15)21-18(23)13-22-10-6-5-9-19(22)24/h2-4,7-8,11-12H,5-6,9-10,13H2,1H3,(H,21,23). The van der Waals surface area contributed by atoms with Gasteiger partial charge in [0.05, 0.1) is 17.9 Å². The first-order chi connectivity index (χ1) is 11.6. The number of hydrogen-bond donors (Lipinski definition) is 1. The van der Waals surface area contributed by atoms with Crippen molar-refractivity contribution in [2.45, 2.75) is 26.2 Å². The van der Waals surface area contributed by atoms with Gasteiger partial charge in [-0.25, -0.2) is 0 Å². The topological polar surface area (TPSA) is 62.3 Å². The largest absolute Gasteiger partial charge is 0.333 e. The molecule has 0 radical (unpaired) electrons. The molecular formula is C19H21N3O2. The van der Waals surface area contributed by atoms with Crippen LogP contribution in [0.5, 0.6) is 0 Å². The molecule has 5 heteroatoms. The number of pyridine rings is 1. The molecule has 124 valence electrons. The zero-order valence-corrected chi connectivity index (χ0v) is 13.8. The second-order valence-electron chi connectivity index (χ2n) is 6.04. The van der Waals surface area contributed by atoms with Crippen LogP contribution >= 0.6 is 0 Å². The van der Waals surface area contributed by atoms with Gasteiger partial charge >= 0.3 is 0 Å². The average Bonchev–Trinajstić information content (AvgIpc) is 2.60. The number of aromatic nitrogens is 1. The van der Waals surface area contributed by atoms with E-state index in [0.717, 1.165) is 29.7 Å². The van der Waals surface area contributed by atoms with Gasteiger partial charge < -0.3 is 10.2 Å². The van der Waals surface area contributed by atoms with Crippen molar-refractivity contribution in [2.24, 2.45) is 0 Å². The third kappa shape index (κ3) is 3.79. The minimum atomic E-state index is -0.180. The minimum absolute atomic E-state index is 0.0595. The average molecular weight is 323 g/mol. The van der Waals surface area contributed by atoms with Crippen molar-refractivity contribution in [3.8, 4) is 11.1 Å². The Morgan fingerprint density at radius 2 is 2.00 bits per heavy atom. The number of rotatable bonds is 4. The number of amides is 2. The highest BCUT2D eigenvalue weighted by atomic mass is 16.2. The summed E-state index contributed by atoms with van der Waals surface area (Å²) in [6.07, 6.45) is 4.22. The monoisotopic (exact) mass is 323 g/mol. The number of hydrogen-bond acceptors (Lipinski definition) is 3. The van der Waals surface area contributed by atoms with Crippen molar-refractivity contribution in [2.75, 3.05) is 18.4 Å². The van der Waals surface area contributed by atoms with Gasteiger partial charge in [-0.15, -0.1) is 0 Å². The van der Waals surface area contributed by atoms with E-state index < -0.39 is 0 Å². The summed E-state index contributed by atoms with van der Waals surface area (Å²) >= 11 is 0. The maximum Gasteiger partial charge on any atom is 0.244 e. The van der Waals surface area contributed by atoms with E-state index in [1.807, 2.05) is 43.3 Å². The number of likely N-dealkylation sites (tertiary alicyclic amines) is 1. The highest BCUT2D eigenvalue weighted by Gasteiger charge is 2.20. The molecule has 5 nitrogen and oxygen atoms in total. The van der Waals surface area contributed by atoms with E-state index >= 15 is 0 Å². The number of aryl methyl sites for hydroxylation is 1. The quantitative estimate of drug-likeness (QED) is 0.941. The smallest absolute Gasteiger partial charge is 0.244 e. The fourth-order valence-corrected chi connectivity index (χ4v) is 2.84. The Labute approximate surface area is 141 Å². The van der Waals surface area contributed by atoms with Crippen molar-refractivity contribution in [1.82, 2.24) is 9.88 Å². The molecule has 24 heavy (non-hydrogen) atoms. The van der Waals surface area contributed by atoms with Crippen molar-refractivity contribution in [3.05, 3.63) is 48.3 Å². The van der Waals surface area contributed by atoms with Crippen LogP contribution in [0.3, 0.4) is 0 Å². The summed E-state index contributed by atoms with van der Waals surface area (Å²) in [6.45, 7) is 2.62. The Morgan fingerprint density at radius 1 is 1.21 bits per heavy atom. The van der Waals surface area contributed by atoms with Crippen molar-refractivity contribution < 1.29 is 9.59 Å². The van der Waals surface area contributed by atoms with Gasteiger partial charge in [-0.1, -0.05) is 30.3 Å². The van der Waals surface area contributed by atoms with Gasteiger partial charge in [0.25, 0.3) is 0 Å². The number of nitrogens with one attached hydrogen (secondary N) is 1. The summed E-state index contributed by atoms with van der Waals surface area (Å²) in [7, 11) is 0. The second kappa shape index (κ2) is 7.25. The lowest BCUT2D eigenvalue weighted by Crippen LogP contribution is -2.40.